The number of benzene rings is 1. The van der Waals surface area contributed by atoms with Gasteiger partial charge in [-0.1, -0.05) is 23.7 Å². The van der Waals surface area contributed by atoms with Gasteiger partial charge in [-0.25, -0.2) is 0 Å². The van der Waals surface area contributed by atoms with Gasteiger partial charge in [-0.05, 0) is 17.7 Å². The van der Waals surface area contributed by atoms with E-state index in [2.05, 4.69) is 4.74 Å². The quantitative estimate of drug-likeness (QED) is 0.759. The van der Waals surface area contributed by atoms with E-state index in [-0.39, 0.29) is 12.4 Å². The molecule has 5 heteroatoms. The van der Waals surface area contributed by atoms with Gasteiger partial charge in [-0.2, -0.15) is 0 Å². The second kappa shape index (κ2) is 4.75. The largest absolute Gasteiger partial charge is 0.469 e. The minimum absolute atomic E-state index is 0.0555. The highest BCUT2D eigenvalue weighted by Crippen LogP contribution is 2.36. The van der Waals surface area contributed by atoms with E-state index < -0.39 is 18.0 Å². The zero-order valence-electron chi connectivity index (χ0n) is 9.18. The predicted octanol–water partition coefficient (Wildman–Crippen LogP) is 2.12. The summed E-state index contributed by atoms with van der Waals surface area (Å²) in [7, 11) is 1.30. The monoisotopic (exact) mass is 254 g/mol. The average Bonchev–Trinajstić information content (AvgIpc) is 2.71. The third kappa shape index (κ3) is 2.42. The number of cyclic esters (lactones) is 1. The van der Waals surface area contributed by atoms with E-state index in [1.165, 1.54) is 7.11 Å². The van der Waals surface area contributed by atoms with Crippen LogP contribution in [0.2, 0.25) is 5.02 Å². The maximum atomic E-state index is 11.5. The van der Waals surface area contributed by atoms with Gasteiger partial charge in [0.25, 0.3) is 0 Å². The molecule has 1 fully saturated rings. The molecule has 1 aliphatic rings. The van der Waals surface area contributed by atoms with Crippen molar-refractivity contribution in [3.05, 3.63) is 34.9 Å². The van der Waals surface area contributed by atoms with Crippen molar-refractivity contribution in [2.24, 2.45) is 5.92 Å². The van der Waals surface area contributed by atoms with Crippen molar-refractivity contribution in [3.63, 3.8) is 0 Å². The maximum Gasteiger partial charge on any atom is 0.313 e. The molecular formula is C12H11ClO4. The standard InChI is InChI=1S/C12H11ClO4/c1-16-12(15)9-6-10(14)17-11(9)7-2-4-8(13)5-3-7/h2-5,9,11H,6H2,1H3/t9-,11+/m1/s1. The number of hydrogen-bond acceptors (Lipinski definition) is 4. The number of carbonyl (C=O) groups is 2. The molecule has 0 N–H and O–H groups in total. The Labute approximate surface area is 103 Å². The van der Waals surface area contributed by atoms with E-state index in [4.69, 9.17) is 16.3 Å². The number of halogens is 1. The molecule has 1 heterocycles. The van der Waals surface area contributed by atoms with Crippen molar-refractivity contribution in [3.8, 4) is 0 Å². The average molecular weight is 255 g/mol. The van der Waals surface area contributed by atoms with E-state index in [9.17, 15) is 9.59 Å². The molecule has 17 heavy (non-hydrogen) atoms. The summed E-state index contributed by atoms with van der Waals surface area (Å²) in [6, 6.07) is 6.86. The molecule has 0 radical (unpaired) electrons. The lowest BCUT2D eigenvalue weighted by atomic mass is 9.95. The summed E-state index contributed by atoms with van der Waals surface area (Å²) in [5.41, 5.74) is 0.746. The first-order chi connectivity index (χ1) is 8.11. The normalized spacial score (nSPS) is 23.3. The van der Waals surface area contributed by atoms with Crippen LogP contribution in [0.3, 0.4) is 0 Å². The fourth-order valence-corrected chi connectivity index (χ4v) is 2.00. The zero-order chi connectivity index (χ0) is 12.4. The van der Waals surface area contributed by atoms with Crippen molar-refractivity contribution in [1.82, 2.24) is 0 Å². The minimum Gasteiger partial charge on any atom is -0.469 e. The lowest BCUT2D eigenvalue weighted by molar-refractivity contribution is -0.147. The first kappa shape index (κ1) is 11.9. The first-order valence-corrected chi connectivity index (χ1v) is 5.52. The fraction of sp³-hybridized carbons (Fsp3) is 0.333. The van der Waals surface area contributed by atoms with E-state index in [0.29, 0.717) is 5.02 Å². The molecule has 1 aromatic carbocycles. The Hall–Kier alpha value is -1.55. The summed E-state index contributed by atoms with van der Waals surface area (Å²) in [4.78, 5) is 22.8. The summed E-state index contributed by atoms with van der Waals surface area (Å²) in [5, 5.41) is 0.590. The summed E-state index contributed by atoms with van der Waals surface area (Å²) >= 11 is 5.77. The van der Waals surface area contributed by atoms with E-state index in [1.54, 1.807) is 24.3 Å². The molecule has 1 saturated heterocycles. The number of hydrogen-bond donors (Lipinski definition) is 0. The second-order valence-electron chi connectivity index (χ2n) is 3.80. The van der Waals surface area contributed by atoms with Crippen LogP contribution in [0.4, 0.5) is 0 Å². The third-order valence-electron chi connectivity index (χ3n) is 2.71. The molecule has 4 nitrogen and oxygen atoms in total. The number of rotatable bonds is 2. The summed E-state index contributed by atoms with van der Waals surface area (Å²) in [6.45, 7) is 0. The van der Waals surface area contributed by atoms with Gasteiger partial charge in [0.2, 0.25) is 0 Å². The molecule has 0 bridgehead atoms. The zero-order valence-corrected chi connectivity index (χ0v) is 9.94. The van der Waals surface area contributed by atoms with Gasteiger partial charge in [0.15, 0.2) is 0 Å². The molecule has 0 spiro atoms. The van der Waals surface area contributed by atoms with Crippen molar-refractivity contribution in [2.75, 3.05) is 7.11 Å². The van der Waals surface area contributed by atoms with Crippen molar-refractivity contribution < 1.29 is 19.1 Å². The third-order valence-corrected chi connectivity index (χ3v) is 2.96. The molecule has 90 valence electrons. The second-order valence-corrected chi connectivity index (χ2v) is 4.23. The Kier molecular flexibility index (Phi) is 3.33. The number of carbonyl (C=O) groups excluding carboxylic acids is 2. The van der Waals surface area contributed by atoms with Gasteiger partial charge in [-0.3, -0.25) is 9.59 Å². The molecule has 2 rings (SSSR count). The van der Waals surface area contributed by atoms with Gasteiger partial charge in [0, 0.05) is 5.02 Å². The van der Waals surface area contributed by atoms with Crippen LogP contribution in [0.5, 0.6) is 0 Å². The highest BCUT2D eigenvalue weighted by atomic mass is 35.5. The lowest BCUT2D eigenvalue weighted by Crippen LogP contribution is -2.19. The van der Waals surface area contributed by atoms with Crippen molar-refractivity contribution in [1.29, 1.82) is 0 Å². The lowest BCUT2D eigenvalue weighted by Gasteiger charge is -2.15. The number of esters is 2. The fourth-order valence-electron chi connectivity index (χ4n) is 1.87. The van der Waals surface area contributed by atoms with Crippen LogP contribution < -0.4 is 0 Å². The summed E-state index contributed by atoms with van der Waals surface area (Å²) in [5.74, 6) is -1.40. The van der Waals surface area contributed by atoms with Gasteiger partial charge < -0.3 is 9.47 Å². The molecule has 1 aliphatic heterocycles. The minimum atomic E-state index is -0.577. The molecular weight excluding hydrogens is 244 g/mol. The highest BCUT2D eigenvalue weighted by molar-refractivity contribution is 6.30. The van der Waals surface area contributed by atoms with Crippen LogP contribution in [0.25, 0.3) is 0 Å². The van der Waals surface area contributed by atoms with Crippen LogP contribution in [0.15, 0.2) is 24.3 Å². The van der Waals surface area contributed by atoms with E-state index in [1.807, 2.05) is 0 Å². The van der Waals surface area contributed by atoms with Crippen LogP contribution >= 0.6 is 11.6 Å². The van der Waals surface area contributed by atoms with Gasteiger partial charge in [-0.15, -0.1) is 0 Å². The Balaban J connectivity index is 2.26. The molecule has 0 amide bonds. The van der Waals surface area contributed by atoms with Crippen LogP contribution in [0, 0.1) is 5.92 Å². The van der Waals surface area contributed by atoms with Crippen LogP contribution in [-0.2, 0) is 19.1 Å². The van der Waals surface area contributed by atoms with Crippen LogP contribution in [0.1, 0.15) is 18.1 Å². The number of methoxy groups -OCH3 is 1. The summed E-state index contributed by atoms with van der Waals surface area (Å²) in [6.07, 6.45) is -0.521. The SMILES string of the molecule is COC(=O)[C@@H]1CC(=O)O[C@H]1c1ccc(Cl)cc1. The molecule has 2 atom stereocenters. The number of ether oxygens (including phenoxy) is 2. The Morgan fingerprint density at radius 1 is 1.41 bits per heavy atom. The predicted molar refractivity (Wildman–Crippen MR) is 60.4 cm³/mol. The van der Waals surface area contributed by atoms with E-state index >= 15 is 0 Å². The highest BCUT2D eigenvalue weighted by Gasteiger charge is 2.41. The van der Waals surface area contributed by atoms with E-state index in [0.717, 1.165) is 5.56 Å². The van der Waals surface area contributed by atoms with Gasteiger partial charge in [0.05, 0.1) is 13.5 Å². The molecule has 0 aliphatic carbocycles. The van der Waals surface area contributed by atoms with Gasteiger partial charge >= 0.3 is 11.9 Å². The molecule has 0 saturated carbocycles. The van der Waals surface area contributed by atoms with Crippen LogP contribution in [-0.4, -0.2) is 19.0 Å². The topological polar surface area (TPSA) is 52.6 Å². The Morgan fingerprint density at radius 3 is 2.65 bits per heavy atom. The first-order valence-electron chi connectivity index (χ1n) is 5.14. The molecule has 1 aromatic rings. The van der Waals surface area contributed by atoms with Crippen molar-refractivity contribution in [2.45, 2.75) is 12.5 Å². The Bertz CT molecular complexity index is 440. The Morgan fingerprint density at radius 2 is 2.06 bits per heavy atom. The smallest absolute Gasteiger partial charge is 0.313 e. The maximum absolute atomic E-state index is 11.5. The molecule has 0 aromatic heterocycles. The molecule has 0 unspecified atom stereocenters. The van der Waals surface area contributed by atoms with Gasteiger partial charge in [0.1, 0.15) is 12.0 Å². The summed E-state index contributed by atoms with van der Waals surface area (Å²) < 4.78 is 9.80. The van der Waals surface area contributed by atoms with Crippen molar-refractivity contribution >= 4 is 23.5 Å².